The van der Waals surface area contributed by atoms with E-state index in [0.29, 0.717) is 5.82 Å². The second kappa shape index (κ2) is 5.14. The van der Waals surface area contributed by atoms with Crippen molar-refractivity contribution >= 4 is 11.8 Å². The number of amides is 2. The van der Waals surface area contributed by atoms with Crippen LogP contribution in [0.4, 0.5) is 10.6 Å². The first-order valence-electron chi connectivity index (χ1n) is 5.82. The summed E-state index contributed by atoms with van der Waals surface area (Å²) in [6.07, 6.45) is 1.70. The maximum atomic E-state index is 11.9. The van der Waals surface area contributed by atoms with Gasteiger partial charge in [0.2, 0.25) is 0 Å². The Morgan fingerprint density at radius 3 is 2.71 bits per heavy atom. The van der Waals surface area contributed by atoms with Gasteiger partial charge in [-0.2, -0.15) is 0 Å². The third kappa shape index (κ3) is 3.17. The fraction of sp³-hybridized carbons (Fsp3) is 0.500. The van der Waals surface area contributed by atoms with Crippen LogP contribution in [0.5, 0.6) is 0 Å². The van der Waals surface area contributed by atoms with E-state index in [-0.39, 0.29) is 6.03 Å². The number of hydrogen-bond acceptors (Lipinski definition) is 3. The van der Waals surface area contributed by atoms with Crippen LogP contribution in [-0.2, 0) is 0 Å². The molecule has 0 saturated carbocycles. The average molecular weight is 234 g/mol. The van der Waals surface area contributed by atoms with Gasteiger partial charge >= 0.3 is 6.03 Å². The van der Waals surface area contributed by atoms with E-state index in [1.165, 1.54) is 0 Å². The highest BCUT2D eigenvalue weighted by Crippen LogP contribution is 2.07. The molecule has 1 aromatic rings. The molecule has 92 valence electrons. The van der Waals surface area contributed by atoms with Gasteiger partial charge in [-0.3, -0.25) is 5.32 Å². The minimum Gasteiger partial charge on any atom is -0.322 e. The van der Waals surface area contributed by atoms with Crippen molar-refractivity contribution in [2.75, 3.05) is 38.5 Å². The Morgan fingerprint density at radius 2 is 2.06 bits per heavy atom. The molecule has 0 aliphatic carbocycles. The van der Waals surface area contributed by atoms with E-state index < -0.39 is 0 Å². The number of carbonyl (C=O) groups is 1. The predicted octanol–water partition coefficient (Wildman–Crippen LogP) is 1.17. The molecule has 2 rings (SSSR count). The zero-order valence-electron chi connectivity index (χ0n) is 10.3. The van der Waals surface area contributed by atoms with Crippen LogP contribution in [0.3, 0.4) is 0 Å². The Morgan fingerprint density at radius 1 is 1.35 bits per heavy atom. The number of urea groups is 1. The molecule has 17 heavy (non-hydrogen) atoms. The van der Waals surface area contributed by atoms with E-state index in [4.69, 9.17) is 0 Å². The van der Waals surface area contributed by atoms with Crippen molar-refractivity contribution in [1.82, 2.24) is 14.8 Å². The van der Waals surface area contributed by atoms with Gasteiger partial charge in [-0.1, -0.05) is 0 Å². The van der Waals surface area contributed by atoms with Crippen molar-refractivity contribution in [3.05, 3.63) is 23.9 Å². The van der Waals surface area contributed by atoms with Crippen LogP contribution in [0.25, 0.3) is 0 Å². The lowest BCUT2D eigenvalue weighted by Crippen LogP contribution is -2.48. The van der Waals surface area contributed by atoms with Gasteiger partial charge in [-0.25, -0.2) is 9.78 Å². The summed E-state index contributed by atoms with van der Waals surface area (Å²) in [6.45, 7) is 5.37. The van der Waals surface area contributed by atoms with Gasteiger partial charge in [-0.15, -0.1) is 0 Å². The monoisotopic (exact) mass is 234 g/mol. The maximum Gasteiger partial charge on any atom is 0.323 e. The molecular weight excluding hydrogens is 216 g/mol. The molecule has 1 fully saturated rings. The summed E-state index contributed by atoms with van der Waals surface area (Å²) in [5.74, 6) is 0.619. The lowest BCUT2D eigenvalue weighted by Gasteiger charge is -2.32. The van der Waals surface area contributed by atoms with Crippen molar-refractivity contribution in [2.45, 2.75) is 6.92 Å². The summed E-state index contributed by atoms with van der Waals surface area (Å²) in [5, 5.41) is 2.82. The molecule has 1 aliphatic heterocycles. The Kier molecular flexibility index (Phi) is 3.58. The number of piperazine rings is 1. The van der Waals surface area contributed by atoms with Crippen LogP contribution in [0.2, 0.25) is 0 Å². The summed E-state index contributed by atoms with van der Waals surface area (Å²) >= 11 is 0. The van der Waals surface area contributed by atoms with Crippen molar-refractivity contribution < 1.29 is 4.79 Å². The Bertz CT molecular complexity index is 399. The van der Waals surface area contributed by atoms with Crippen LogP contribution in [0, 0.1) is 6.92 Å². The van der Waals surface area contributed by atoms with Gasteiger partial charge in [0.05, 0.1) is 0 Å². The molecule has 1 saturated heterocycles. The van der Waals surface area contributed by atoms with Crippen LogP contribution in [0.1, 0.15) is 5.56 Å². The minimum absolute atomic E-state index is 0.0591. The molecule has 0 radical (unpaired) electrons. The van der Waals surface area contributed by atoms with E-state index in [9.17, 15) is 4.79 Å². The Hall–Kier alpha value is -1.62. The van der Waals surface area contributed by atoms with Gasteiger partial charge in [0.15, 0.2) is 0 Å². The molecule has 5 heteroatoms. The third-order valence-electron chi connectivity index (χ3n) is 2.94. The average Bonchev–Trinajstić information content (AvgIpc) is 2.29. The quantitative estimate of drug-likeness (QED) is 0.793. The smallest absolute Gasteiger partial charge is 0.322 e. The Balaban J connectivity index is 1.93. The molecule has 1 aliphatic rings. The molecule has 2 heterocycles. The summed E-state index contributed by atoms with van der Waals surface area (Å²) in [4.78, 5) is 20.1. The summed E-state index contributed by atoms with van der Waals surface area (Å²) < 4.78 is 0. The van der Waals surface area contributed by atoms with Crippen molar-refractivity contribution in [3.8, 4) is 0 Å². The van der Waals surface area contributed by atoms with Gasteiger partial charge < -0.3 is 9.80 Å². The number of likely N-dealkylation sites (N-methyl/N-ethyl adjacent to an activating group) is 1. The van der Waals surface area contributed by atoms with Crippen molar-refractivity contribution in [2.24, 2.45) is 0 Å². The van der Waals surface area contributed by atoms with E-state index in [2.05, 4.69) is 22.2 Å². The lowest BCUT2D eigenvalue weighted by molar-refractivity contribution is 0.164. The van der Waals surface area contributed by atoms with Gasteiger partial charge in [0.25, 0.3) is 0 Å². The number of pyridine rings is 1. The molecule has 0 bridgehead atoms. The molecule has 1 N–H and O–H groups in total. The predicted molar refractivity (Wildman–Crippen MR) is 67.1 cm³/mol. The van der Waals surface area contributed by atoms with Crippen LogP contribution < -0.4 is 5.32 Å². The van der Waals surface area contributed by atoms with Crippen LogP contribution >= 0.6 is 0 Å². The van der Waals surface area contributed by atoms with Gasteiger partial charge in [0.1, 0.15) is 5.82 Å². The second-order valence-corrected chi connectivity index (χ2v) is 4.44. The SMILES string of the molecule is Cc1ccnc(NC(=O)N2CCN(C)CC2)c1. The lowest BCUT2D eigenvalue weighted by atomic mass is 10.3. The number of carbonyl (C=O) groups excluding carboxylic acids is 1. The topological polar surface area (TPSA) is 48.5 Å². The normalized spacial score (nSPS) is 16.9. The number of hydrogen-bond donors (Lipinski definition) is 1. The molecule has 0 atom stereocenters. The highest BCUT2D eigenvalue weighted by atomic mass is 16.2. The number of anilines is 1. The summed E-state index contributed by atoms with van der Waals surface area (Å²) in [7, 11) is 2.07. The first-order chi connectivity index (χ1) is 8.15. The van der Waals surface area contributed by atoms with E-state index in [0.717, 1.165) is 31.7 Å². The standard InChI is InChI=1S/C12H18N4O/c1-10-3-4-13-11(9-10)14-12(17)16-7-5-15(2)6-8-16/h3-4,9H,5-8H2,1-2H3,(H,13,14,17). The van der Waals surface area contributed by atoms with E-state index >= 15 is 0 Å². The number of aryl methyl sites for hydroxylation is 1. The zero-order valence-corrected chi connectivity index (χ0v) is 10.3. The highest BCUT2D eigenvalue weighted by Gasteiger charge is 2.18. The minimum atomic E-state index is -0.0591. The molecule has 1 aromatic heterocycles. The number of rotatable bonds is 1. The van der Waals surface area contributed by atoms with Crippen LogP contribution in [-0.4, -0.2) is 54.0 Å². The van der Waals surface area contributed by atoms with Gasteiger partial charge in [0, 0.05) is 32.4 Å². The molecule has 2 amide bonds. The summed E-state index contributed by atoms with van der Waals surface area (Å²) in [5.41, 5.74) is 1.09. The molecule has 0 unspecified atom stereocenters. The molecule has 0 spiro atoms. The highest BCUT2D eigenvalue weighted by molar-refractivity contribution is 5.88. The van der Waals surface area contributed by atoms with Crippen molar-refractivity contribution in [3.63, 3.8) is 0 Å². The maximum absolute atomic E-state index is 11.9. The molecule has 5 nitrogen and oxygen atoms in total. The molecule has 0 aromatic carbocycles. The number of nitrogens with one attached hydrogen (secondary N) is 1. The van der Waals surface area contributed by atoms with Crippen molar-refractivity contribution in [1.29, 1.82) is 0 Å². The summed E-state index contributed by atoms with van der Waals surface area (Å²) in [6, 6.07) is 3.72. The van der Waals surface area contributed by atoms with E-state index in [1.54, 1.807) is 6.20 Å². The van der Waals surface area contributed by atoms with Gasteiger partial charge in [-0.05, 0) is 31.7 Å². The number of aromatic nitrogens is 1. The third-order valence-corrected chi connectivity index (χ3v) is 2.94. The first-order valence-corrected chi connectivity index (χ1v) is 5.82. The fourth-order valence-corrected chi connectivity index (χ4v) is 1.80. The fourth-order valence-electron chi connectivity index (χ4n) is 1.80. The second-order valence-electron chi connectivity index (χ2n) is 4.44. The molecular formula is C12H18N4O. The largest absolute Gasteiger partial charge is 0.323 e. The zero-order chi connectivity index (χ0) is 12.3. The number of nitrogens with zero attached hydrogens (tertiary/aromatic N) is 3. The van der Waals surface area contributed by atoms with Crippen LogP contribution in [0.15, 0.2) is 18.3 Å². The Labute approximate surface area is 101 Å². The van der Waals surface area contributed by atoms with E-state index in [1.807, 2.05) is 24.0 Å². The first kappa shape index (κ1) is 11.9.